The van der Waals surface area contributed by atoms with E-state index in [1.54, 1.807) is 6.07 Å². The second kappa shape index (κ2) is 9.60. The minimum Gasteiger partial charge on any atom is -0.236 e. The molecule has 1 aliphatic carbocycles. The molecular formula is C23H28FN3. The lowest BCUT2D eigenvalue weighted by molar-refractivity contribution is 0.301. The van der Waals surface area contributed by atoms with Crippen molar-refractivity contribution >= 4 is 0 Å². The molecule has 3 nitrogen and oxygen atoms in total. The van der Waals surface area contributed by atoms with Crippen LogP contribution in [-0.2, 0) is 0 Å². The molecule has 0 aliphatic heterocycles. The van der Waals surface area contributed by atoms with Crippen LogP contribution < -0.4 is 0 Å². The highest BCUT2D eigenvalue weighted by Gasteiger charge is 2.22. The van der Waals surface area contributed by atoms with Gasteiger partial charge in [-0.1, -0.05) is 39.0 Å². The van der Waals surface area contributed by atoms with E-state index >= 15 is 0 Å². The summed E-state index contributed by atoms with van der Waals surface area (Å²) < 4.78 is 13.8. The van der Waals surface area contributed by atoms with E-state index in [1.165, 1.54) is 75.5 Å². The van der Waals surface area contributed by atoms with Gasteiger partial charge in [-0.2, -0.15) is 5.26 Å². The van der Waals surface area contributed by atoms with Crippen molar-refractivity contribution in [2.24, 2.45) is 5.92 Å². The van der Waals surface area contributed by atoms with Crippen LogP contribution in [0.3, 0.4) is 0 Å². The highest BCUT2D eigenvalue weighted by atomic mass is 19.1. The molecule has 0 saturated heterocycles. The van der Waals surface area contributed by atoms with Crippen LogP contribution in [-0.4, -0.2) is 9.97 Å². The van der Waals surface area contributed by atoms with Crippen molar-refractivity contribution in [2.45, 2.75) is 70.6 Å². The van der Waals surface area contributed by atoms with Crippen LogP contribution >= 0.6 is 0 Å². The zero-order chi connectivity index (χ0) is 19.1. The summed E-state index contributed by atoms with van der Waals surface area (Å²) in [4.78, 5) is 8.90. The number of nitrogens with zero attached hydrogens (tertiary/aromatic N) is 3. The van der Waals surface area contributed by atoms with Gasteiger partial charge in [0.05, 0.1) is 5.56 Å². The third-order valence-corrected chi connectivity index (χ3v) is 5.80. The van der Waals surface area contributed by atoms with Crippen molar-refractivity contribution in [3.63, 3.8) is 0 Å². The Morgan fingerprint density at radius 1 is 1.07 bits per heavy atom. The van der Waals surface area contributed by atoms with Crippen LogP contribution in [0.1, 0.15) is 81.8 Å². The fourth-order valence-electron chi connectivity index (χ4n) is 4.09. The lowest BCUT2D eigenvalue weighted by Crippen LogP contribution is -2.14. The van der Waals surface area contributed by atoms with Gasteiger partial charge in [0.25, 0.3) is 0 Å². The third-order valence-electron chi connectivity index (χ3n) is 5.80. The number of nitriles is 1. The summed E-state index contributed by atoms with van der Waals surface area (Å²) in [7, 11) is 0. The first kappa shape index (κ1) is 19.5. The molecule has 2 aromatic rings. The Hall–Kier alpha value is -2.28. The number of hydrogen-bond acceptors (Lipinski definition) is 3. The van der Waals surface area contributed by atoms with Crippen LogP contribution in [0.5, 0.6) is 0 Å². The highest BCUT2D eigenvalue weighted by molar-refractivity contribution is 5.56. The van der Waals surface area contributed by atoms with Crippen molar-refractivity contribution in [1.29, 1.82) is 5.26 Å². The normalized spacial score (nSPS) is 19.6. The number of benzene rings is 1. The number of aromatic nitrogens is 2. The quantitative estimate of drug-likeness (QED) is 0.533. The average Bonchev–Trinajstić information content (AvgIpc) is 2.72. The third kappa shape index (κ3) is 5.13. The average molecular weight is 365 g/mol. The van der Waals surface area contributed by atoms with Gasteiger partial charge < -0.3 is 0 Å². The molecule has 0 amide bonds. The van der Waals surface area contributed by atoms with Crippen molar-refractivity contribution in [1.82, 2.24) is 9.97 Å². The van der Waals surface area contributed by atoms with E-state index in [-0.39, 0.29) is 5.56 Å². The molecule has 27 heavy (non-hydrogen) atoms. The van der Waals surface area contributed by atoms with Gasteiger partial charge in [0.2, 0.25) is 0 Å². The molecule has 1 fully saturated rings. The van der Waals surface area contributed by atoms with Crippen LogP contribution in [0.25, 0.3) is 11.4 Å². The van der Waals surface area contributed by atoms with Crippen molar-refractivity contribution < 1.29 is 4.39 Å². The predicted molar refractivity (Wildman–Crippen MR) is 106 cm³/mol. The Bertz CT molecular complexity index is 771. The summed E-state index contributed by atoms with van der Waals surface area (Å²) in [6.07, 6.45) is 15.6. The van der Waals surface area contributed by atoms with E-state index in [1.807, 2.05) is 18.5 Å². The smallest absolute Gasteiger partial charge is 0.159 e. The molecule has 0 spiro atoms. The maximum absolute atomic E-state index is 13.8. The summed E-state index contributed by atoms with van der Waals surface area (Å²) >= 11 is 0. The van der Waals surface area contributed by atoms with Crippen molar-refractivity contribution in [3.05, 3.63) is 47.5 Å². The fraction of sp³-hybridized carbons (Fsp3) is 0.522. The molecule has 1 aromatic heterocycles. The molecule has 4 heteroatoms. The van der Waals surface area contributed by atoms with Gasteiger partial charge >= 0.3 is 0 Å². The minimum absolute atomic E-state index is 0.0434. The molecule has 1 heterocycles. The fourth-order valence-corrected chi connectivity index (χ4v) is 4.09. The van der Waals surface area contributed by atoms with Crippen molar-refractivity contribution in [3.8, 4) is 17.5 Å². The molecule has 0 atom stereocenters. The summed E-state index contributed by atoms with van der Waals surface area (Å²) in [5, 5.41) is 8.83. The summed E-state index contributed by atoms with van der Waals surface area (Å²) in [5.74, 6) is 1.41. The molecule has 0 N–H and O–H groups in total. The molecule has 0 bridgehead atoms. The Balaban J connectivity index is 1.55. The Morgan fingerprint density at radius 2 is 1.81 bits per heavy atom. The zero-order valence-corrected chi connectivity index (χ0v) is 16.1. The predicted octanol–water partition coefficient (Wildman–Crippen LogP) is 6.40. The Labute approximate surface area is 161 Å². The first-order valence-electron chi connectivity index (χ1n) is 10.2. The maximum Gasteiger partial charge on any atom is 0.159 e. The van der Waals surface area contributed by atoms with E-state index in [2.05, 4.69) is 16.9 Å². The first-order valence-corrected chi connectivity index (χ1v) is 10.2. The van der Waals surface area contributed by atoms with E-state index in [9.17, 15) is 4.39 Å². The molecule has 1 aliphatic rings. The van der Waals surface area contributed by atoms with Crippen LogP contribution in [0.4, 0.5) is 4.39 Å². The van der Waals surface area contributed by atoms with Gasteiger partial charge in [-0.3, -0.25) is 0 Å². The van der Waals surface area contributed by atoms with Gasteiger partial charge in [0.1, 0.15) is 11.9 Å². The molecule has 142 valence electrons. The lowest BCUT2D eigenvalue weighted by Gasteiger charge is -2.28. The first-order chi connectivity index (χ1) is 13.2. The molecule has 0 unspecified atom stereocenters. The monoisotopic (exact) mass is 365 g/mol. The van der Waals surface area contributed by atoms with Gasteiger partial charge in [-0.05, 0) is 61.3 Å². The molecule has 1 aromatic carbocycles. The second-order valence-corrected chi connectivity index (χ2v) is 7.71. The number of halogens is 1. The van der Waals surface area contributed by atoms with Crippen LogP contribution in [0, 0.1) is 23.1 Å². The molecule has 0 radical (unpaired) electrons. The summed E-state index contributed by atoms with van der Waals surface area (Å²) in [6.45, 7) is 2.26. The highest BCUT2D eigenvalue weighted by Crippen LogP contribution is 2.37. The van der Waals surface area contributed by atoms with Gasteiger partial charge in [0, 0.05) is 18.0 Å². The topological polar surface area (TPSA) is 49.6 Å². The van der Waals surface area contributed by atoms with Gasteiger partial charge in [-0.25, -0.2) is 14.4 Å². The zero-order valence-electron chi connectivity index (χ0n) is 16.1. The SMILES string of the molecule is CCCCCC[C@H]1CC[C@H](c2cnc(-c3ccc(C#N)c(F)c3)nc2)CC1. The second-order valence-electron chi connectivity index (χ2n) is 7.71. The van der Waals surface area contributed by atoms with E-state index in [4.69, 9.17) is 5.26 Å². The number of unbranched alkanes of at least 4 members (excludes halogenated alkanes) is 3. The molecule has 1 saturated carbocycles. The number of rotatable bonds is 7. The Kier molecular flexibility index (Phi) is 6.92. The Morgan fingerprint density at radius 3 is 2.44 bits per heavy atom. The molecule has 3 rings (SSSR count). The maximum atomic E-state index is 13.8. The van der Waals surface area contributed by atoms with E-state index < -0.39 is 5.82 Å². The lowest BCUT2D eigenvalue weighted by atomic mass is 9.77. The van der Waals surface area contributed by atoms with Crippen molar-refractivity contribution in [2.75, 3.05) is 0 Å². The van der Waals surface area contributed by atoms with Gasteiger partial charge in [-0.15, -0.1) is 0 Å². The van der Waals surface area contributed by atoms with Crippen LogP contribution in [0.2, 0.25) is 0 Å². The van der Waals surface area contributed by atoms with E-state index in [0.29, 0.717) is 17.3 Å². The van der Waals surface area contributed by atoms with E-state index in [0.717, 1.165) is 5.92 Å². The standard InChI is InChI=1S/C23H28FN3/c1-2-3-4-5-6-17-7-9-18(10-8-17)21-15-26-23(27-16-21)19-11-12-20(14-25)22(24)13-19/h11-13,15-18H,2-10H2,1H3/t17-,18-. The van der Waals surface area contributed by atoms with Crippen LogP contribution in [0.15, 0.2) is 30.6 Å². The van der Waals surface area contributed by atoms with Gasteiger partial charge in [0.15, 0.2) is 5.82 Å². The largest absolute Gasteiger partial charge is 0.236 e. The summed E-state index contributed by atoms with van der Waals surface area (Å²) in [5.41, 5.74) is 1.84. The minimum atomic E-state index is -0.528. The molecular weight excluding hydrogens is 337 g/mol. The number of hydrogen-bond donors (Lipinski definition) is 0. The summed E-state index contributed by atoms with van der Waals surface area (Å²) in [6, 6.07) is 6.33.